The molecule has 23 heavy (non-hydrogen) atoms. The van der Waals surface area contributed by atoms with Crippen molar-refractivity contribution in [2.75, 3.05) is 13.1 Å². The molecular formula is C18H21NO4. The third-order valence-electron chi connectivity index (χ3n) is 5.34. The van der Waals surface area contributed by atoms with Crippen LogP contribution >= 0.6 is 0 Å². The molecule has 1 unspecified atom stereocenters. The van der Waals surface area contributed by atoms with Crippen LogP contribution < -0.4 is 4.74 Å². The zero-order valence-electron chi connectivity index (χ0n) is 13.2. The number of hydrogen-bond donors (Lipinski definition) is 1. The number of benzene rings is 1. The molecule has 1 amide bonds. The molecular weight excluding hydrogens is 294 g/mol. The number of likely N-dealkylation sites (tertiary alicyclic amines) is 1. The van der Waals surface area contributed by atoms with Crippen molar-refractivity contribution in [2.45, 2.75) is 32.3 Å². The maximum absolute atomic E-state index is 12.8. The molecule has 5 nitrogen and oxygen atoms in total. The predicted octanol–water partition coefficient (Wildman–Crippen LogP) is 2.19. The molecule has 0 bridgehead atoms. The van der Waals surface area contributed by atoms with Gasteiger partial charge in [-0.05, 0) is 55.4 Å². The van der Waals surface area contributed by atoms with Gasteiger partial charge < -0.3 is 14.7 Å². The quantitative estimate of drug-likeness (QED) is 0.928. The molecule has 1 saturated heterocycles. The Hall–Kier alpha value is -2.04. The maximum atomic E-state index is 12.8. The van der Waals surface area contributed by atoms with E-state index in [2.05, 4.69) is 0 Å². The van der Waals surface area contributed by atoms with Crippen LogP contribution in [0.3, 0.4) is 0 Å². The van der Waals surface area contributed by atoms with E-state index in [9.17, 15) is 14.7 Å². The lowest BCUT2D eigenvalue weighted by molar-refractivity contribution is -0.142. The fraction of sp³-hybridized carbons (Fsp3) is 0.556. The van der Waals surface area contributed by atoms with E-state index in [1.54, 1.807) is 11.0 Å². The molecule has 1 saturated carbocycles. The number of hydrogen-bond acceptors (Lipinski definition) is 3. The lowest BCUT2D eigenvalue weighted by atomic mass is 9.92. The molecule has 0 spiro atoms. The van der Waals surface area contributed by atoms with E-state index in [-0.39, 0.29) is 17.9 Å². The highest BCUT2D eigenvalue weighted by Gasteiger charge is 2.47. The average molecular weight is 315 g/mol. The van der Waals surface area contributed by atoms with Crippen LogP contribution in [0.4, 0.5) is 0 Å². The van der Waals surface area contributed by atoms with E-state index in [1.807, 2.05) is 19.1 Å². The standard InChI is InChI=1S/C18H21NO4/c1-10-6-13-7-12(4-5-16(13)23-10)17(20)19-8-14(11-2-3-11)15(9-19)18(21)22/h4-5,7,10-11,14-15H,2-3,6,8-9H2,1H3,(H,21,22)/t10?,14-,15+/m0/s1. The highest BCUT2D eigenvalue weighted by molar-refractivity contribution is 5.95. The van der Waals surface area contributed by atoms with E-state index in [1.165, 1.54) is 0 Å². The maximum Gasteiger partial charge on any atom is 0.308 e. The van der Waals surface area contributed by atoms with Crippen LogP contribution in [0.1, 0.15) is 35.7 Å². The Bertz CT molecular complexity index is 667. The smallest absolute Gasteiger partial charge is 0.308 e. The summed E-state index contributed by atoms with van der Waals surface area (Å²) in [6.45, 7) is 2.92. The molecule has 1 aliphatic carbocycles. The summed E-state index contributed by atoms with van der Waals surface area (Å²) in [4.78, 5) is 26.0. The van der Waals surface area contributed by atoms with Crippen LogP contribution in [0.25, 0.3) is 0 Å². The number of rotatable bonds is 3. The second-order valence-electron chi connectivity index (χ2n) is 7.11. The third kappa shape index (κ3) is 2.58. The Kier molecular flexibility index (Phi) is 3.32. The molecule has 2 heterocycles. The number of aliphatic carboxylic acids is 1. The van der Waals surface area contributed by atoms with Crippen LogP contribution in [0.5, 0.6) is 5.75 Å². The number of nitrogens with zero attached hydrogens (tertiary/aromatic N) is 1. The molecule has 0 radical (unpaired) electrons. The second kappa shape index (κ2) is 5.25. The van der Waals surface area contributed by atoms with Gasteiger partial charge in [0.2, 0.25) is 0 Å². The molecule has 1 aromatic carbocycles. The average Bonchev–Trinajstić information content (AvgIpc) is 3.14. The molecule has 3 atom stereocenters. The van der Waals surface area contributed by atoms with Gasteiger partial charge in [-0.25, -0.2) is 0 Å². The van der Waals surface area contributed by atoms with Gasteiger partial charge in [0.25, 0.3) is 5.91 Å². The van der Waals surface area contributed by atoms with E-state index < -0.39 is 11.9 Å². The number of carbonyl (C=O) groups excluding carboxylic acids is 1. The van der Waals surface area contributed by atoms with Gasteiger partial charge in [-0.15, -0.1) is 0 Å². The Labute approximate surface area is 135 Å². The largest absolute Gasteiger partial charge is 0.490 e. The van der Waals surface area contributed by atoms with Gasteiger partial charge in [-0.1, -0.05) is 0 Å². The summed E-state index contributed by atoms with van der Waals surface area (Å²) >= 11 is 0. The normalized spacial score (nSPS) is 29.3. The minimum Gasteiger partial charge on any atom is -0.490 e. The summed E-state index contributed by atoms with van der Waals surface area (Å²) < 4.78 is 5.67. The highest BCUT2D eigenvalue weighted by Crippen LogP contribution is 2.44. The Morgan fingerprint density at radius 1 is 1.26 bits per heavy atom. The molecule has 1 aromatic rings. The zero-order chi connectivity index (χ0) is 16.1. The molecule has 3 aliphatic rings. The number of amides is 1. The number of carbonyl (C=O) groups is 2. The minimum absolute atomic E-state index is 0.0539. The van der Waals surface area contributed by atoms with Gasteiger partial charge in [0.1, 0.15) is 11.9 Å². The molecule has 2 aliphatic heterocycles. The number of ether oxygens (including phenoxy) is 1. The van der Waals surface area contributed by atoms with Gasteiger partial charge >= 0.3 is 5.97 Å². The highest BCUT2D eigenvalue weighted by atomic mass is 16.5. The molecule has 2 fully saturated rings. The molecule has 5 heteroatoms. The fourth-order valence-electron chi connectivity index (χ4n) is 4.00. The van der Waals surface area contributed by atoms with E-state index in [0.717, 1.165) is 30.6 Å². The van der Waals surface area contributed by atoms with Crippen molar-refractivity contribution in [2.24, 2.45) is 17.8 Å². The fourth-order valence-corrected chi connectivity index (χ4v) is 4.00. The summed E-state index contributed by atoms with van der Waals surface area (Å²) in [6, 6.07) is 5.55. The van der Waals surface area contributed by atoms with Gasteiger partial charge in [0.15, 0.2) is 0 Å². The van der Waals surface area contributed by atoms with Crippen molar-refractivity contribution < 1.29 is 19.4 Å². The van der Waals surface area contributed by atoms with Crippen LogP contribution in [-0.4, -0.2) is 41.1 Å². The van der Waals surface area contributed by atoms with Crippen LogP contribution in [0.2, 0.25) is 0 Å². The first-order valence-electron chi connectivity index (χ1n) is 8.34. The Morgan fingerprint density at radius 3 is 2.74 bits per heavy atom. The molecule has 122 valence electrons. The lowest BCUT2D eigenvalue weighted by Crippen LogP contribution is -2.30. The van der Waals surface area contributed by atoms with E-state index in [4.69, 9.17) is 4.74 Å². The summed E-state index contributed by atoms with van der Waals surface area (Å²) in [5, 5.41) is 9.43. The first-order chi connectivity index (χ1) is 11.0. The van der Waals surface area contributed by atoms with Crippen molar-refractivity contribution >= 4 is 11.9 Å². The van der Waals surface area contributed by atoms with Crippen LogP contribution in [0.15, 0.2) is 18.2 Å². The molecule has 0 aromatic heterocycles. The monoisotopic (exact) mass is 315 g/mol. The number of carboxylic acid groups (broad SMARTS) is 1. The minimum atomic E-state index is -0.770. The lowest BCUT2D eigenvalue weighted by Gasteiger charge is -2.16. The van der Waals surface area contributed by atoms with Crippen molar-refractivity contribution in [1.29, 1.82) is 0 Å². The van der Waals surface area contributed by atoms with Gasteiger partial charge in [-0.3, -0.25) is 9.59 Å². The predicted molar refractivity (Wildman–Crippen MR) is 83.5 cm³/mol. The summed E-state index contributed by atoms with van der Waals surface area (Å²) in [5.74, 6) is 0.228. The first-order valence-corrected chi connectivity index (χ1v) is 8.34. The Balaban J connectivity index is 1.53. The van der Waals surface area contributed by atoms with Crippen molar-refractivity contribution in [3.05, 3.63) is 29.3 Å². The van der Waals surface area contributed by atoms with Crippen molar-refractivity contribution in [3.8, 4) is 5.75 Å². The summed E-state index contributed by atoms with van der Waals surface area (Å²) in [6.07, 6.45) is 3.17. The SMILES string of the molecule is CC1Cc2cc(C(=O)N3C[C@@H](C(=O)O)[C@H](C4CC4)C3)ccc2O1. The summed E-state index contributed by atoms with van der Waals surface area (Å²) in [7, 11) is 0. The van der Waals surface area contributed by atoms with Crippen LogP contribution in [0, 0.1) is 17.8 Å². The third-order valence-corrected chi connectivity index (χ3v) is 5.34. The molecule has 4 rings (SSSR count). The zero-order valence-corrected chi connectivity index (χ0v) is 13.2. The number of carboxylic acids is 1. The Morgan fingerprint density at radius 2 is 2.04 bits per heavy atom. The van der Waals surface area contributed by atoms with Gasteiger partial charge in [-0.2, -0.15) is 0 Å². The first kappa shape index (κ1) is 14.5. The topological polar surface area (TPSA) is 66.8 Å². The van der Waals surface area contributed by atoms with E-state index in [0.29, 0.717) is 24.6 Å². The van der Waals surface area contributed by atoms with Crippen LogP contribution in [-0.2, 0) is 11.2 Å². The van der Waals surface area contributed by atoms with Gasteiger partial charge in [0.05, 0.1) is 5.92 Å². The molecule has 1 N–H and O–H groups in total. The number of fused-ring (bicyclic) bond motifs is 1. The van der Waals surface area contributed by atoms with Crippen molar-refractivity contribution in [3.63, 3.8) is 0 Å². The second-order valence-corrected chi connectivity index (χ2v) is 7.11. The van der Waals surface area contributed by atoms with E-state index >= 15 is 0 Å². The van der Waals surface area contributed by atoms with Gasteiger partial charge in [0, 0.05) is 25.1 Å². The summed E-state index contributed by atoms with van der Waals surface area (Å²) in [5.41, 5.74) is 1.71. The van der Waals surface area contributed by atoms with Crippen molar-refractivity contribution in [1.82, 2.24) is 4.90 Å².